The lowest BCUT2D eigenvalue weighted by atomic mass is 10.2. The van der Waals surface area contributed by atoms with Gasteiger partial charge < -0.3 is 14.8 Å². The molecule has 27 heavy (non-hydrogen) atoms. The maximum atomic E-state index is 13.0. The Morgan fingerprint density at radius 2 is 1.85 bits per heavy atom. The number of amides is 1. The van der Waals surface area contributed by atoms with Crippen molar-refractivity contribution in [1.29, 1.82) is 0 Å². The molecule has 7 nitrogen and oxygen atoms in total. The summed E-state index contributed by atoms with van der Waals surface area (Å²) in [5.41, 5.74) is 0.926. The normalized spacial score (nSPS) is 12.0. The van der Waals surface area contributed by atoms with Crippen LogP contribution in [0.2, 0.25) is 0 Å². The van der Waals surface area contributed by atoms with Gasteiger partial charge in [0.15, 0.2) is 11.5 Å². The van der Waals surface area contributed by atoms with Crippen LogP contribution in [-0.2, 0) is 6.54 Å². The zero-order chi connectivity index (χ0) is 18.8. The predicted octanol–water partition coefficient (Wildman–Crippen LogP) is 2.41. The molecule has 0 unspecified atom stereocenters. The van der Waals surface area contributed by atoms with Crippen LogP contribution >= 0.6 is 0 Å². The van der Waals surface area contributed by atoms with Crippen LogP contribution in [0.5, 0.6) is 11.5 Å². The van der Waals surface area contributed by atoms with Crippen molar-refractivity contribution in [3.05, 3.63) is 82.0 Å². The van der Waals surface area contributed by atoms with Crippen LogP contribution in [-0.4, -0.2) is 22.5 Å². The molecule has 4 rings (SSSR count). The molecule has 1 amide bonds. The standard InChI is InChI=1S/C19H14FN3O4/c20-13-3-1-12(2-4-13)10-23-18(24)8-6-15(22-23)19(25)21-14-5-7-16-17(9-14)27-11-26-16/h1-9H,10-11H2,(H,21,25). The average Bonchev–Trinajstić information content (AvgIpc) is 3.13. The molecule has 3 aromatic rings. The molecule has 1 aliphatic rings. The monoisotopic (exact) mass is 367 g/mol. The summed E-state index contributed by atoms with van der Waals surface area (Å²) in [6.45, 7) is 0.271. The molecule has 8 heteroatoms. The predicted molar refractivity (Wildman–Crippen MR) is 94.5 cm³/mol. The Morgan fingerprint density at radius 1 is 1.07 bits per heavy atom. The molecule has 0 saturated heterocycles. The average molecular weight is 367 g/mol. The van der Waals surface area contributed by atoms with Crippen molar-refractivity contribution in [1.82, 2.24) is 9.78 Å². The van der Waals surface area contributed by atoms with E-state index in [4.69, 9.17) is 9.47 Å². The van der Waals surface area contributed by atoms with Gasteiger partial charge in [-0.15, -0.1) is 0 Å². The number of anilines is 1. The minimum Gasteiger partial charge on any atom is -0.454 e. The fraction of sp³-hybridized carbons (Fsp3) is 0.105. The van der Waals surface area contributed by atoms with Crippen molar-refractivity contribution >= 4 is 11.6 Å². The van der Waals surface area contributed by atoms with Crippen molar-refractivity contribution in [2.45, 2.75) is 6.54 Å². The zero-order valence-electron chi connectivity index (χ0n) is 14.0. The number of aromatic nitrogens is 2. The first-order valence-corrected chi connectivity index (χ1v) is 8.12. The maximum absolute atomic E-state index is 13.0. The first-order chi connectivity index (χ1) is 13.1. The van der Waals surface area contributed by atoms with Crippen LogP contribution in [0, 0.1) is 5.82 Å². The van der Waals surface area contributed by atoms with Crippen LogP contribution in [0.4, 0.5) is 10.1 Å². The van der Waals surface area contributed by atoms with E-state index in [0.29, 0.717) is 22.7 Å². The number of carbonyl (C=O) groups excluding carboxylic acids is 1. The summed E-state index contributed by atoms with van der Waals surface area (Å²) in [6, 6.07) is 13.4. The second-order valence-corrected chi connectivity index (χ2v) is 5.86. The third-order valence-electron chi connectivity index (χ3n) is 3.98. The molecule has 1 N–H and O–H groups in total. The SMILES string of the molecule is O=C(Nc1ccc2c(c1)OCO2)c1ccc(=O)n(Cc2ccc(F)cc2)n1. The number of hydrogen-bond acceptors (Lipinski definition) is 5. The molecule has 0 spiro atoms. The highest BCUT2D eigenvalue weighted by atomic mass is 19.1. The summed E-state index contributed by atoms with van der Waals surface area (Å²) < 4.78 is 24.7. The van der Waals surface area contributed by atoms with Gasteiger partial charge in [0, 0.05) is 17.8 Å². The molecule has 2 heterocycles. The second kappa shape index (κ2) is 6.91. The van der Waals surface area contributed by atoms with E-state index in [1.807, 2.05) is 0 Å². The Hall–Kier alpha value is -3.68. The van der Waals surface area contributed by atoms with Gasteiger partial charge in [0.25, 0.3) is 11.5 Å². The number of rotatable bonds is 4. The molecule has 0 aliphatic carbocycles. The van der Waals surface area contributed by atoms with Crippen molar-refractivity contribution in [2.75, 3.05) is 12.1 Å². The Balaban J connectivity index is 1.54. The lowest BCUT2D eigenvalue weighted by Crippen LogP contribution is -2.26. The van der Waals surface area contributed by atoms with Crippen molar-refractivity contribution in [3.63, 3.8) is 0 Å². The number of carbonyl (C=O) groups is 1. The van der Waals surface area contributed by atoms with Gasteiger partial charge in [-0.3, -0.25) is 9.59 Å². The summed E-state index contributed by atoms with van der Waals surface area (Å²) in [4.78, 5) is 24.5. The van der Waals surface area contributed by atoms with Crippen LogP contribution in [0.1, 0.15) is 16.1 Å². The number of benzene rings is 2. The Bertz CT molecular complexity index is 1060. The van der Waals surface area contributed by atoms with Crippen molar-refractivity contribution < 1.29 is 18.7 Å². The Kier molecular flexibility index (Phi) is 4.29. The molecule has 0 radical (unpaired) electrons. The third-order valence-corrected chi connectivity index (χ3v) is 3.98. The Morgan fingerprint density at radius 3 is 2.67 bits per heavy atom. The van der Waals surface area contributed by atoms with Crippen molar-refractivity contribution in [2.24, 2.45) is 0 Å². The fourth-order valence-corrected chi connectivity index (χ4v) is 2.62. The zero-order valence-corrected chi connectivity index (χ0v) is 14.0. The summed E-state index contributed by atoms with van der Waals surface area (Å²) in [5.74, 6) is 0.318. The van der Waals surface area contributed by atoms with Gasteiger partial charge in [-0.05, 0) is 35.9 Å². The number of halogens is 1. The summed E-state index contributed by atoms with van der Waals surface area (Å²) in [5, 5.41) is 6.80. The van der Waals surface area contributed by atoms with Gasteiger partial charge in [0.2, 0.25) is 6.79 Å². The summed E-state index contributed by atoms with van der Waals surface area (Å²) >= 11 is 0. The first kappa shape index (κ1) is 16.8. The number of nitrogens with zero attached hydrogens (tertiary/aromatic N) is 2. The largest absolute Gasteiger partial charge is 0.454 e. The highest BCUT2D eigenvalue weighted by Gasteiger charge is 2.15. The third kappa shape index (κ3) is 3.64. The van der Waals surface area contributed by atoms with E-state index in [0.717, 1.165) is 4.68 Å². The van der Waals surface area contributed by atoms with Crippen LogP contribution < -0.4 is 20.3 Å². The van der Waals surface area contributed by atoms with E-state index in [9.17, 15) is 14.0 Å². The van der Waals surface area contributed by atoms with Gasteiger partial charge in [0.05, 0.1) is 6.54 Å². The molecular weight excluding hydrogens is 353 g/mol. The maximum Gasteiger partial charge on any atom is 0.276 e. The van der Waals surface area contributed by atoms with Crippen molar-refractivity contribution in [3.8, 4) is 11.5 Å². The van der Waals surface area contributed by atoms with E-state index < -0.39 is 5.91 Å². The van der Waals surface area contributed by atoms with Crippen LogP contribution in [0.3, 0.4) is 0 Å². The smallest absolute Gasteiger partial charge is 0.276 e. The van der Waals surface area contributed by atoms with Crippen LogP contribution in [0.15, 0.2) is 59.4 Å². The fourth-order valence-electron chi connectivity index (χ4n) is 2.62. The van der Waals surface area contributed by atoms with E-state index >= 15 is 0 Å². The van der Waals surface area contributed by atoms with E-state index in [1.165, 1.54) is 24.3 Å². The second-order valence-electron chi connectivity index (χ2n) is 5.86. The molecular formula is C19H14FN3O4. The summed E-state index contributed by atoms with van der Waals surface area (Å²) in [7, 11) is 0. The molecule has 1 aromatic heterocycles. The molecule has 0 saturated carbocycles. The van der Waals surface area contributed by atoms with Gasteiger partial charge in [-0.2, -0.15) is 5.10 Å². The molecule has 0 atom stereocenters. The first-order valence-electron chi connectivity index (χ1n) is 8.12. The number of hydrogen-bond donors (Lipinski definition) is 1. The van der Waals surface area contributed by atoms with Gasteiger partial charge in [-0.25, -0.2) is 9.07 Å². The van der Waals surface area contributed by atoms with Crippen LogP contribution in [0.25, 0.3) is 0 Å². The van der Waals surface area contributed by atoms with Gasteiger partial charge in [0.1, 0.15) is 11.5 Å². The minimum atomic E-state index is -0.471. The van der Waals surface area contributed by atoms with E-state index in [2.05, 4.69) is 10.4 Å². The van der Waals surface area contributed by atoms with Gasteiger partial charge in [-0.1, -0.05) is 12.1 Å². The van der Waals surface area contributed by atoms with E-state index in [1.54, 1.807) is 30.3 Å². The topological polar surface area (TPSA) is 82.5 Å². The lowest BCUT2D eigenvalue weighted by Gasteiger charge is -2.08. The molecule has 0 bridgehead atoms. The summed E-state index contributed by atoms with van der Waals surface area (Å²) in [6.07, 6.45) is 0. The molecule has 136 valence electrons. The minimum absolute atomic E-state index is 0.0781. The number of nitrogens with one attached hydrogen (secondary N) is 1. The lowest BCUT2D eigenvalue weighted by molar-refractivity contribution is 0.102. The highest BCUT2D eigenvalue weighted by molar-refractivity contribution is 6.02. The van der Waals surface area contributed by atoms with E-state index in [-0.39, 0.29) is 30.4 Å². The van der Waals surface area contributed by atoms with Gasteiger partial charge >= 0.3 is 0 Å². The molecule has 0 fully saturated rings. The molecule has 2 aromatic carbocycles. The quantitative estimate of drug-likeness (QED) is 0.766. The Labute approximate surface area is 153 Å². The number of ether oxygens (including phenoxy) is 2. The molecule has 1 aliphatic heterocycles. The highest BCUT2D eigenvalue weighted by Crippen LogP contribution is 2.34. The number of fused-ring (bicyclic) bond motifs is 1.